The molecule has 1 aromatic heterocycles. The number of rotatable bonds is 7. The van der Waals surface area contributed by atoms with Gasteiger partial charge < -0.3 is 32.8 Å². The van der Waals surface area contributed by atoms with Crippen molar-refractivity contribution in [2.75, 3.05) is 35.5 Å². The Morgan fingerprint density at radius 1 is 0.737 bits per heavy atom. The first-order valence-electron chi connectivity index (χ1n) is 11.7. The Kier molecular flexibility index (Phi) is 6.59. The van der Waals surface area contributed by atoms with E-state index >= 15 is 0 Å². The zero-order chi connectivity index (χ0) is 27.0. The number of fused-ring (bicyclic) bond motifs is 3. The fourth-order valence-electron chi connectivity index (χ4n) is 4.85. The minimum absolute atomic E-state index is 0.0130. The summed E-state index contributed by atoms with van der Waals surface area (Å²) in [4.78, 5) is 26.3. The Balaban J connectivity index is 1.72. The molecule has 0 spiro atoms. The maximum absolute atomic E-state index is 13.7. The zero-order valence-corrected chi connectivity index (χ0v) is 21.6. The first kappa shape index (κ1) is 25.0. The zero-order valence-electron chi connectivity index (χ0n) is 21.6. The Morgan fingerprint density at radius 3 is 2.08 bits per heavy atom. The fraction of sp³-hybridized carbons (Fsp3) is 0.241. The molecule has 1 aliphatic rings. The predicted octanol–water partition coefficient (Wildman–Crippen LogP) is 4.94. The van der Waals surface area contributed by atoms with Gasteiger partial charge in [0.2, 0.25) is 5.43 Å². The molecule has 38 heavy (non-hydrogen) atoms. The number of benzene rings is 3. The van der Waals surface area contributed by atoms with E-state index in [0.717, 1.165) is 0 Å². The van der Waals surface area contributed by atoms with Crippen LogP contribution in [0.3, 0.4) is 0 Å². The maximum Gasteiger partial charge on any atom is 0.312 e. The molecule has 0 radical (unpaired) electrons. The van der Waals surface area contributed by atoms with Crippen molar-refractivity contribution in [1.29, 1.82) is 0 Å². The van der Waals surface area contributed by atoms with Crippen molar-refractivity contribution in [3.63, 3.8) is 0 Å². The standard InChI is InChI=1S/C29H26O9/c1-32-20-8-6-15(10-23(20)34-3)19-14-37-29-16(28(19)31)7-9-21-27(29)18(12-26(30)38-21)17-11-24(35-4)25(36-5)13-22(17)33-2/h6-11,13-14,18H,12H2,1-5H3/t18-/m1/s1. The highest BCUT2D eigenvalue weighted by Gasteiger charge is 2.34. The highest BCUT2D eigenvalue weighted by molar-refractivity contribution is 5.90. The molecule has 9 heteroatoms. The predicted molar refractivity (Wildman–Crippen MR) is 139 cm³/mol. The van der Waals surface area contributed by atoms with Crippen LogP contribution in [0.4, 0.5) is 0 Å². The third-order valence-corrected chi connectivity index (χ3v) is 6.69. The van der Waals surface area contributed by atoms with Gasteiger partial charge in [-0.2, -0.15) is 0 Å². The first-order valence-corrected chi connectivity index (χ1v) is 11.7. The second-order valence-corrected chi connectivity index (χ2v) is 8.58. The molecular formula is C29H26O9. The van der Waals surface area contributed by atoms with Gasteiger partial charge in [-0.25, -0.2) is 0 Å². The van der Waals surface area contributed by atoms with Gasteiger partial charge in [-0.05, 0) is 35.9 Å². The van der Waals surface area contributed by atoms with E-state index in [9.17, 15) is 9.59 Å². The van der Waals surface area contributed by atoms with E-state index in [0.29, 0.717) is 67.7 Å². The van der Waals surface area contributed by atoms with Crippen molar-refractivity contribution < 1.29 is 37.6 Å². The van der Waals surface area contributed by atoms with Gasteiger partial charge in [0.25, 0.3) is 0 Å². The quantitative estimate of drug-likeness (QED) is 0.248. The van der Waals surface area contributed by atoms with E-state index in [-0.39, 0.29) is 11.8 Å². The summed E-state index contributed by atoms with van der Waals surface area (Å²) in [7, 11) is 7.66. The van der Waals surface area contributed by atoms with Crippen LogP contribution in [0.25, 0.3) is 22.1 Å². The van der Waals surface area contributed by atoms with Crippen LogP contribution in [0.5, 0.6) is 34.5 Å². The Hall–Kier alpha value is -4.66. The van der Waals surface area contributed by atoms with E-state index in [1.807, 2.05) is 0 Å². The van der Waals surface area contributed by atoms with Crippen LogP contribution < -0.4 is 33.8 Å². The SMILES string of the molecule is COc1ccc(-c2coc3c4c(ccc3c2=O)OC(=O)C[C@@H]4c2cc(OC)c(OC)cc2OC)cc1OC. The van der Waals surface area contributed by atoms with Crippen LogP contribution in [0.15, 0.2) is 57.9 Å². The van der Waals surface area contributed by atoms with Gasteiger partial charge in [0.05, 0.1) is 52.9 Å². The summed E-state index contributed by atoms with van der Waals surface area (Å²) in [6.07, 6.45) is 1.42. The molecule has 4 aromatic rings. The summed E-state index contributed by atoms with van der Waals surface area (Å²) in [5.41, 5.74) is 2.29. The van der Waals surface area contributed by atoms with E-state index in [4.69, 9.17) is 32.8 Å². The summed E-state index contributed by atoms with van der Waals surface area (Å²) in [5, 5.41) is 0.346. The highest BCUT2D eigenvalue weighted by Crippen LogP contribution is 2.48. The average Bonchev–Trinajstić information content (AvgIpc) is 2.95. The van der Waals surface area contributed by atoms with Crippen LogP contribution in [-0.4, -0.2) is 41.5 Å². The van der Waals surface area contributed by atoms with Gasteiger partial charge in [-0.15, -0.1) is 0 Å². The second kappa shape index (κ2) is 10.0. The van der Waals surface area contributed by atoms with Gasteiger partial charge in [-0.1, -0.05) is 6.07 Å². The minimum Gasteiger partial charge on any atom is -0.496 e. The Labute approximate surface area is 218 Å². The van der Waals surface area contributed by atoms with Crippen molar-refractivity contribution in [2.24, 2.45) is 0 Å². The van der Waals surface area contributed by atoms with Gasteiger partial charge in [0.15, 0.2) is 23.0 Å². The summed E-state index contributed by atoms with van der Waals surface area (Å²) in [5.74, 6) is 1.86. The average molecular weight is 519 g/mol. The molecule has 0 bridgehead atoms. The minimum atomic E-state index is -0.528. The topological polar surface area (TPSA) is 103 Å². The smallest absolute Gasteiger partial charge is 0.312 e. The molecule has 196 valence electrons. The number of hydrogen-bond acceptors (Lipinski definition) is 9. The van der Waals surface area contributed by atoms with E-state index in [1.165, 1.54) is 34.7 Å². The summed E-state index contributed by atoms with van der Waals surface area (Å²) >= 11 is 0. The molecule has 0 fully saturated rings. The summed E-state index contributed by atoms with van der Waals surface area (Å²) in [6, 6.07) is 11.9. The summed E-state index contributed by atoms with van der Waals surface area (Å²) in [6.45, 7) is 0. The number of carbonyl (C=O) groups excluding carboxylic acids is 1. The molecule has 0 aliphatic carbocycles. The van der Waals surface area contributed by atoms with E-state index < -0.39 is 11.9 Å². The van der Waals surface area contributed by atoms with Crippen LogP contribution in [0.1, 0.15) is 23.5 Å². The number of methoxy groups -OCH3 is 5. The fourth-order valence-corrected chi connectivity index (χ4v) is 4.85. The largest absolute Gasteiger partial charge is 0.496 e. The van der Waals surface area contributed by atoms with Crippen molar-refractivity contribution in [2.45, 2.75) is 12.3 Å². The molecule has 0 N–H and O–H groups in total. The molecule has 1 aliphatic heterocycles. The number of carbonyl (C=O) groups is 1. The number of ether oxygens (including phenoxy) is 6. The lowest BCUT2D eigenvalue weighted by Gasteiger charge is -2.27. The molecule has 0 amide bonds. The molecule has 0 unspecified atom stereocenters. The van der Waals surface area contributed by atoms with Gasteiger partial charge in [-0.3, -0.25) is 9.59 Å². The third kappa shape index (κ3) is 4.06. The van der Waals surface area contributed by atoms with Crippen LogP contribution in [-0.2, 0) is 4.79 Å². The Bertz CT molecular complexity index is 1600. The normalized spacial score (nSPS) is 14.4. The number of esters is 1. The second-order valence-electron chi connectivity index (χ2n) is 8.58. The molecule has 9 nitrogen and oxygen atoms in total. The molecule has 1 atom stereocenters. The summed E-state index contributed by atoms with van der Waals surface area (Å²) < 4.78 is 38.9. The lowest BCUT2D eigenvalue weighted by molar-refractivity contribution is -0.135. The van der Waals surface area contributed by atoms with E-state index in [1.54, 1.807) is 49.6 Å². The van der Waals surface area contributed by atoms with Crippen LogP contribution in [0, 0.1) is 0 Å². The molecule has 3 aromatic carbocycles. The lowest BCUT2D eigenvalue weighted by Crippen LogP contribution is -2.22. The van der Waals surface area contributed by atoms with Crippen molar-refractivity contribution >= 4 is 16.9 Å². The third-order valence-electron chi connectivity index (χ3n) is 6.69. The van der Waals surface area contributed by atoms with Crippen LogP contribution in [0.2, 0.25) is 0 Å². The number of hydrogen-bond donors (Lipinski definition) is 0. The monoisotopic (exact) mass is 518 g/mol. The van der Waals surface area contributed by atoms with Crippen molar-refractivity contribution in [3.05, 3.63) is 70.1 Å². The molecule has 2 heterocycles. The van der Waals surface area contributed by atoms with Gasteiger partial charge in [0, 0.05) is 23.1 Å². The molecule has 0 saturated carbocycles. The van der Waals surface area contributed by atoms with Gasteiger partial charge >= 0.3 is 5.97 Å². The van der Waals surface area contributed by atoms with E-state index in [2.05, 4.69) is 0 Å². The maximum atomic E-state index is 13.7. The van der Waals surface area contributed by atoms with Crippen molar-refractivity contribution in [3.8, 4) is 45.6 Å². The van der Waals surface area contributed by atoms with Crippen LogP contribution >= 0.6 is 0 Å². The van der Waals surface area contributed by atoms with Gasteiger partial charge in [0.1, 0.15) is 23.3 Å². The lowest BCUT2D eigenvalue weighted by atomic mass is 9.84. The Morgan fingerprint density at radius 2 is 1.39 bits per heavy atom. The molecule has 0 saturated heterocycles. The first-order chi connectivity index (χ1) is 18.4. The highest BCUT2D eigenvalue weighted by atomic mass is 16.5. The van der Waals surface area contributed by atoms with Crippen molar-refractivity contribution in [1.82, 2.24) is 0 Å². The molecule has 5 rings (SSSR count). The molecular weight excluding hydrogens is 492 g/mol.